The number of nitrogens with two attached hydrogens (primary N) is 1. The van der Waals surface area contributed by atoms with Gasteiger partial charge in [-0.15, -0.1) is 0 Å². The summed E-state index contributed by atoms with van der Waals surface area (Å²) < 4.78 is 0. The minimum absolute atomic E-state index is 0.0389. The highest BCUT2D eigenvalue weighted by atomic mass is 16.2. The van der Waals surface area contributed by atoms with Crippen LogP contribution in [0.4, 0.5) is 11.4 Å². The number of hydrogen-bond acceptors (Lipinski definition) is 4. The molecule has 0 bridgehead atoms. The molecule has 5 heteroatoms. The van der Waals surface area contributed by atoms with Gasteiger partial charge in [-0.05, 0) is 25.1 Å². The van der Waals surface area contributed by atoms with Gasteiger partial charge in [0.15, 0.2) is 0 Å². The van der Waals surface area contributed by atoms with E-state index in [1.54, 1.807) is 32.3 Å². The van der Waals surface area contributed by atoms with Gasteiger partial charge < -0.3 is 15.5 Å². The lowest BCUT2D eigenvalue weighted by atomic mass is 10.1. The highest BCUT2D eigenvalue weighted by molar-refractivity contribution is 5.96. The SMILES string of the molecule is CC(CC#N)N(C)c1cc(C(=O)N(C)C)ccc1N. The van der Waals surface area contributed by atoms with Crippen LogP contribution in [0.3, 0.4) is 0 Å². The maximum Gasteiger partial charge on any atom is 0.253 e. The molecule has 0 aliphatic rings. The number of rotatable bonds is 4. The average molecular weight is 260 g/mol. The Labute approximate surface area is 114 Å². The van der Waals surface area contributed by atoms with Crippen molar-refractivity contribution in [2.45, 2.75) is 19.4 Å². The Morgan fingerprint density at radius 1 is 1.42 bits per heavy atom. The van der Waals surface area contributed by atoms with Crippen LogP contribution in [0.25, 0.3) is 0 Å². The maximum absolute atomic E-state index is 11.9. The van der Waals surface area contributed by atoms with Crippen molar-refractivity contribution >= 4 is 17.3 Å². The summed E-state index contributed by atoms with van der Waals surface area (Å²) in [6.45, 7) is 1.95. The highest BCUT2D eigenvalue weighted by Gasteiger charge is 2.15. The third-order valence-electron chi connectivity index (χ3n) is 3.11. The minimum atomic E-state index is -0.0670. The van der Waals surface area contributed by atoms with Crippen LogP contribution < -0.4 is 10.6 Å². The first-order valence-corrected chi connectivity index (χ1v) is 6.09. The van der Waals surface area contributed by atoms with Crippen LogP contribution in [0.5, 0.6) is 0 Å². The van der Waals surface area contributed by atoms with Gasteiger partial charge >= 0.3 is 0 Å². The number of hydrogen-bond donors (Lipinski definition) is 1. The van der Waals surface area contributed by atoms with Gasteiger partial charge in [-0.25, -0.2) is 0 Å². The second kappa shape index (κ2) is 6.10. The van der Waals surface area contributed by atoms with Gasteiger partial charge in [-0.1, -0.05) is 0 Å². The van der Waals surface area contributed by atoms with E-state index in [1.807, 2.05) is 18.9 Å². The van der Waals surface area contributed by atoms with Gasteiger partial charge in [0.1, 0.15) is 0 Å². The summed E-state index contributed by atoms with van der Waals surface area (Å²) in [6.07, 6.45) is 0.405. The Morgan fingerprint density at radius 2 is 2.05 bits per heavy atom. The van der Waals surface area contributed by atoms with E-state index in [0.29, 0.717) is 17.7 Å². The molecule has 1 aromatic rings. The first kappa shape index (κ1) is 14.8. The van der Waals surface area contributed by atoms with Crippen molar-refractivity contribution in [2.75, 3.05) is 31.8 Å². The zero-order valence-corrected chi connectivity index (χ0v) is 11.8. The molecule has 0 saturated heterocycles. The molecule has 0 radical (unpaired) electrons. The molecule has 0 fully saturated rings. The molecule has 19 heavy (non-hydrogen) atoms. The summed E-state index contributed by atoms with van der Waals surface area (Å²) in [4.78, 5) is 15.4. The Bertz CT molecular complexity index is 505. The van der Waals surface area contributed by atoms with Crippen molar-refractivity contribution in [3.8, 4) is 6.07 Å². The molecule has 0 spiro atoms. The average Bonchev–Trinajstić information content (AvgIpc) is 2.37. The second-order valence-electron chi connectivity index (χ2n) is 4.80. The molecule has 1 rings (SSSR count). The van der Waals surface area contributed by atoms with Gasteiger partial charge in [0.25, 0.3) is 5.91 Å². The number of anilines is 2. The summed E-state index contributed by atoms with van der Waals surface area (Å²) in [7, 11) is 5.29. The number of nitriles is 1. The third-order valence-corrected chi connectivity index (χ3v) is 3.11. The molecular weight excluding hydrogens is 240 g/mol. The fourth-order valence-corrected chi connectivity index (χ4v) is 1.75. The quantitative estimate of drug-likeness (QED) is 0.836. The molecule has 1 aromatic carbocycles. The lowest BCUT2D eigenvalue weighted by Crippen LogP contribution is -2.29. The molecule has 1 unspecified atom stereocenters. The molecule has 1 amide bonds. The smallest absolute Gasteiger partial charge is 0.253 e. The van der Waals surface area contributed by atoms with E-state index in [9.17, 15) is 4.79 Å². The molecule has 0 aliphatic heterocycles. The number of carbonyl (C=O) groups is 1. The van der Waals surface area contributed by atoms with Crippen molar-refractivity contribution in [3.63, 3.8) is 0 Å². The molecule has 0 saturated carbocycles. The number of nitrogen functional groups attached to an aromatic ring is 1. The van der Waals surface area contributed by atoms with Gasteiger partial charge in [-0.2, -0.15) is 5.26 Å². The molecule has 5 nitrogen and oxygen atoms in total. The first-order chi connectivity index (χ1) is 8.88. The lowest BCUT2D eigenvalue weighted by molar-refractivity contribution is 0.0827. The largest absolute Gasteiger partial charge is 0.397 e. The van der Waals surface area contributed by atoms with E-state index < -0.39 is 0 Å². The Hall–Kier alpha value is -2.22. The van der Waals surface area contributed by atoms with Crippen molar-refractivity contribution in [1.29, 1.82) is 5.26 Å². The normalized spacial score (nSPS) is 11.5. The van der Waals surface area contributed by atoms with E-state index in [0.717, 1.165) is 5.69 Å². The summed E-state index contributed by atoms with van der Waals surface area (Å²) in [5.74, 6) is -0.0670. The Balaban J connectivity index is 3.11. The van der Waals surface area contributed by atoms with Crippen molar-refractivity contribution in [2.24, 2.45) is 0 Å². The summed E-state index contributed by atoms with van der Waals surface area (Å²) in [5, 5.41) is 8.75. The number of amides is 1. The van der Waals surface area contributed by atoms with E-state index in [2.05, 4.69) is 6.07 Å². The topological polar surface area (TPSA) is 73.4 Å². The first-order valence-electron chi connectivity index (χ1n) is 6.09. The van der Waals surface area contributed by atoms with Crippen LogP contribution in [-0.4, -0.2) is 38.0 Å². The number of carbonyl (C=O) groups excluding carboxylic acids is 1. The molecule has 0 heterocycles. The molecule has 102 valence electrons. The van der Waals surface area contributed by atoms with E-state index in [-0.39, 0.29) is 11.9 Å². The third kappa shape index (κ3) is 3.38. The molecule has 1 atom stereocenters. The van der Waals surface area contributed by atoms with Crippen LogP contribution in [0.1, 0.15) is 23.7 Å². The van der Waals surface area contributed by atoms with E-state index in [4.69, 9.17) is 11.0 Å². The highest BCUT2D eigenvalue weighted by Crippen LogP contribution is 2.26. The fourth-order valence-electron chi connectivity index (χ4n) is 1.75. The van der Waals surface area contributed by atoms with E-state index >= 15 is 0 Å². The predicted octanol–water partition coefficient (Wildman–Crippen LogP) is 1.71. The summed E-state index contributed by atoms with van der Waals surface area (Å²) in [6, 6.07) is 7.38. The summed E-state index contributed by atoms with van der Waals surface area (Å²) >= 11 is 0. The predicted molar refractivity (Wildman–Crippen MR) is 77.0 cm³/mol. The minimum Gasteiger partial charge on any atom is -0.397 e. The van der Waals surface area contributed by atoms with Gasteiger partial charge in [0, 0.05) is 32.7 Å². The van der Waals surface area contributed by atoms with Crippen LogP contribution >= 0.6 is 0 Å². The standard InChI is InChI=1S/C14H20N4O/c1-10(7-8-15)18(4)13-9-11(5-6-12(13)16)14(19)17(2)3/h5-6,9-10H,7,16H2,1-4H3. The van der Waals surface area contributed by atoms with Crippen LogP contribution in [0, 0.1) is 11.3 Å². The summed E-state index contributed by atoms with van der Waals surface area (Å²) in [5.41, 5.74) is 7.91. The maximum atomic E-state index is 11.9. The Morgan fingerprint density at radius 3 is 2.58 bits per heavy atom. The Kier molecular flexibility index (Phi) is 4.76. The molecule has 2 N–H and O–H groups in total. The molecular formula is C14H20N4O. The van der Waals surface area contributed by atoms with Gasteiger partial charge in [0.05, 0.1) is 23.9 Å². The number of benzene rings is 1. The van der Waals surface area contributed by atoms with Crippen LogP contribution in [0.2, 0.25) is 0 Å². The van der Waals surface area contributed by atoms with E-state index in [1.165, 1.54) is 4.90 Å². The second-order valence-corrected chi connectivity index (χ2v) is 4.80. The van der Waals surface area contributed by atoms with Crippen molar-refractivity contribution in [1.82, 2.24) is 4.90 Å². The van der Waals surface area contributed by atoms with Crippen molar-refractivity contribution < 1.29 is 4.79 Å². The zero-order valence-electron chi connectivity index (χ0n) is 11.8. The van der Waals surface area contributed by atoms with Gasteiger partial charge in [-0.3, -0.25) is 4.79 Å². The van der Waals surface area contributed by atoms with Gasteiger partial charge in [0.2, 0.25) is 0 Å². The zero-order chi connectivity index (χ0) is 14.6. The van der Waals surface area contributed by atoms with Crippen molar-refractivity contribution in [3.05, 3.63) is 23.8 Å². The number of nitrogens with zero attached hydrogens (tertiary/aromatic N) is 3. The molecule has 0 aliphatic carbocycles. The monoisotopic (exact) mass is 260 g/mol. The molecule has 0 aromatic heterocycles. The van der Waals surface area contributed by atoms with Crippen LogP contribution in [-0.2, 0) is 0 Å². The fraction of sp³-hybridized carbons (Fsp3) is 0.429. The lowest BCUT2D eigenvalue weighted by Gasteiger charge is -2.27. The van der Waals surface area contributed by atoms with Crippen LogP contribution in [0.15, 0.2) is 18.2 Å².